The summed E-state index contributed by atoms with van der Waals surface area (Å²) in [5.41, 5.74) is 3.36. The summed E-state index contributed by atoms with van der Waals surface area (Å²) in [5.74, 6) is 0.0291. The third kappa shape index (κ3) is 5.82. The Morgan fingerprint density at radius 1 is 1.11 bits per heavy atom. The minimum atomic E-state index is -3.83. The quantitative estimate of drug-likeness (QED) is 0.735. The predicted molar refractivity (Wildman–Crippen MR) is 112 cm³/mol. The van der Waals surface area contributed by atoms with Gasteiger partial charge in [-0.2, -0.15) is 0 Å². The van der Waals surface area contributed by atoms with Gasteiger partial charge in [-0.25, -0.2) is 13.6 Å². The van der Waals surface area contributed by atoms with Gasteiger partial charge in [0.1, 0.15) is 0 Å². The first-order chi connectivity index (χ1) is 12.4. The second-order valence-corrected chi connectivity index (χ2v) is 10.2. The van der Waals surface area contributed by atoms with Gasteiger partial charge in [0.25, 0.3) is 0 Å². The molecule has 2 aromatic rings. The third-order valence-electron chi connectivity index (χ3n) is 4.33. The number of carbonyl (C=O) groups is 1. The van der Waals surface area contributed by atoms with Crippen LogP contribution in [0.3, 0.4) is 0 Å². The van der Waals surface area contributed by atoms with Crippen molar-refractivity contribution in [2.75, 3.05) is 11.1 Å². The van der Waals surface area contributed by atoms with Gasteiger partial charge in [0, 0.05) is 10.6 Å². The van der Waals surface area contributed by atoms with Crippen LogP contribution in [0.15, 0.2) is 46.2 Å². The van der Waals surface area contributed by atoms with Crippen LogP contribution >= 0.6 is 11.8 Å². The Morgan fingerprint density at radius 3 is 2.22 bits per heavy atom. The zero-order chi connectivity index (χ0) is 20.4. The summed E-state index contributed by atoms with van der Waals surface area (Å²) in [6.07, 6.45) is 0. The van der Waals surface area contributed by atoms with Crippen LogP contribution in [0.25, 0.3) is 0 Å². The lowest BCUT2D eigenvalue weighted by molar-refractivity contribution is -0.113. The number of benzene rings is 2. The van der Waals surface area contributed by atoms with Crippen molar-refractivity contribution in [1.29, 1.82) is 0 Å². The summed E-state index contributed by atoms with van der Waals surface area (Å²) in [4.78, 5) is 13.3. The molecule has 7 heteroatoms. The summed E-state index contributed by atoms with van der Waals surface area (Å²) in [6.45, 7) is 10.1. The van der Waals surface area contributed by atoms with Crippen LogP contribution in [0.2, 0.25) is 0 Å². The fourth-order valence-electron chi connectivity index (χ4n) is 2.51. The number of nitrogens with two attached hydrogens (primary N) is 1. The van der Waals surface area contributed by atoms with Gasteiger partial charge in [-0.3, -0.25) is 4.79 Å². The number of carbonyl (C=O) groups excluding carboxylic acids is 1. The molecule has 1 amide bonds. The molecule has 0 spiro atoms. The van der Waals surface area contributed by atoms with E-state index in [2.05, 4.69) is 38.2 Å². The van der Waals surface area contributed by atoms with E-state index in [9.17, 15) is 13.2 Å². The number of aryl methyl sites for hydroxylation is 1. The zero-order valence-corrected chi connectivity index (χ0v) is 17.9. The SMILES string of the molecule is Cc1cc(S(N)(=O)=O)cc(NC(=O)CSc2ccc(C(C)(C)C)cc2)c1C. The number of hydrogen-bond acceptors (Lipinski definition) is 4. The van der Waals surface area contributed by atoms with E-state index in [0.717, 1.165) is 16.0 Å². The first kappa shape index (κ1) is 21.5. The fraction of sp³-hybridized carbons (Fsp3) is 0.350. The van der Waals surface area contributed by atoms with Gasteiger partial charge in [-0.15, -0.1) is 11.8 Å². The van der Waals surface area contributed by atoms with Gasteiger partial charge in [0.2, 0.25) is 15.9 Å². The van der Waals surface area contributed by atoms with Gasteiger partial charge in [0.05, 0.1) is 10.6 Å². The second-order valence-electron chi connectivity index (χ2n) is 7.57. The average Bonchev–Trinajstić information content (AvgIpc) is 2.55. The van der Waals surface area contributed by atoms with Crippen molar-refractivity contribution in [3.63, 3.8) is 0 Å². The van der Waals surface area contributed by atoms with Crippen LogP contribution in [-0.2, 0) is 20.2 Å². The van der Waals surface area contributed by atoms with E-state index in [1.54, 1.807) is 6.92 Å². The molecule has 0 radical (unpaired) electrons. The second kappa shape index (κ2) is 8.04. The lowest BCUT2D eigenvalue weighted by Gasteiger charge is -2.19. The van der Waals surface area contributed by atoms with Crippen LogP contribution < -0.4 is 10.5 Å². The molecular weight excluding hydrogens is 380 g/mol. The first-order valence-corrected chi connectivity index (χ1v) is 11.1. The van der Waals surface area contributed by atoms with Crippen molar-refractivity contribution < 1.29 is 13.2 Å². The van der Waals surface area contributed by atoms with Crippen LogP contribution in [0.4, 0.5) is 5.69 Å². The largest absolute Gasteiger partial charge is 0.325 e. The van der Waals surface area contributed by atoms with Crippen LogP contribution in [0.5, 0.6) is 0 Å². The monoisotopic (exact) mass is 406 g/mol. The summed E-state index contributed by atoms with van der Waals surface area (Å²) in [7, 11) is -3.83. The van der Waals surface area contributed by atoms with Crippen molar-refractivity contribution >= 4 is 33.4 Å². The van der Waals surface area contributed by atoms with Crippen LogP contribution in [0, 0.1) is 13.8 Å². The molecule has 2 rings (SSSR count). The molecule has 0 aromatic heterocycles. The van der Waals surface area contributed by atoms with E-state index in [-0.39, 0.29) is 22.0 Å². The highest BCUT2D eigenvalue weighted by Gasteiger charge is 2.15. The number of anilines is 1. The van der Waals surface area contributed by atoms with Crippen molar-refractivity contribution in [3.05, 3.63) is 53.1 Å². The molecule has 146 valence electrons. The number of thioether (sulfide) groups is 1. The van der Waals surface area contributed by atoms with Gasteiger partial charge >= 0.3 is 0 Å². The predicted octanol–water partition coefficient (Wildman–Crippen LogP) is 3.98. The summed E-state index contributed by atoms with van der Waals surface area (Å²) in [6, 6.07) is 11.1. The number of sulfonamides is 1. The minimum absolute atomic E-state index is 0.00804. The molecule has 0 aliphatic rings. The summed E-state index contributed by atoms with van der Waals surface area (Å²) >= 11 is 1.43. The Labute approximate surface area is 165 Å². The minimum Gasteiger partial charge on any atom is -0.325 e. The molecule has 2 aromatic carbocycles. The van der Waals surface area contributed by atoms with E-state index in [4.69, 9.17) is 5.14 Å². The lowest BCUT2D eigenvalue weighted by atomic mass is 9.87. The van der Waals surface area contributed by atoms with E-state index in [0.29, 0.717) is 5.69 Å². The van der Waals surface area contributed by atoms with E-state index in [1.165, 1.54) is 29.5 Å². The number of nitrogens with one attached hydrogen (secondary N) is 1. The standard InChI is InChI=1S/C20H26N2O3S2/c1-13-10-17(27(21,24)25)11-18(14(13)2)22-19(23)12-26-16-8-6-15(7-9-16)20(3,4)5/h6-11H,12H2,1-5H3,(H,22,23)(H2,21,24,25). The van der Waals surface area contributed by atoms with Gasteiger partial charge in [-0.1, -0.05) is 32.9 Å². The highest BCUT2D eigenvalue weighted by atomic mass is 32.2. The smallest absolute Gasteiger partial charge is 0.238 e. The Balaban J connectivity index is 2.07. The van der Waals surface area contributed by atoms with E-state index in [1.807, 2.05) is 19.1 Å². The molecule has 0 aliphatic heterocycles. The Kier molecular flexibility index (Phi) is 6.39. The highest BCUT2D eigenvalue weighted by molar-refractivity contribution is 8.00. The van der Waals surface area contributed by atoms with E-state index < -0.39 is 10.0 Å². The molecule has 27 heavy (non-hydrogen) atoms. The molecule has 5 nitrogen and oxygen atoms in total. The number of rotatable bonds is 5. The van der Waals surface area contributed by atoms with Crippen LogP contribution in [0.1, 0.15) is 37.5 Å². The Hall–Kier alpha value is -1.83. The fourth-order valence-corrected chi connectivity index (χ4v) is 3.83. The van der Waals surface area contributed by atoms with Gasteiger partial charge in [-0.05, 0) is 60.2 Å². The van der Waals surface area contributed by atoms with Gasteiger partial charge < -0.3 is 5.32 Å². The first-order valence-electron chi connectivity index (χ1n) is 8.55. The number of amides is 1. The molecule has 0 unspecified atom stereocenters. The maximum atomic E-state index is 12.3. The maximum Gasteiger partial charge on any atom is 0.238 e. The molecule has 0 saturated heterocycles. The third-order valence-corrected chi connectivity index (χ3v) is 6.24. The van der Waals surface area contributed by atoms with Crippen LogP contribution in [-0.4, -0.2) is 20.1 Å². The van der Waals surface area contributed by atoms with E-state index >= 15 is 0 Å². The molecule has 0 bridgehead atoms. The number of hydrogen-bond donors (Lipinski definition) is 2. The van der Waals surface area contributed by atoms with Crippen molar-refractivity contribution in [1.82, 2.24) is 0 Å². The summed E-state index contributed by atoms with van der Waals surface area (Å²) < 4.78 is 23.2. The van der Waals surface area contributed by atoms with Crippen molar-refractivity contribution in [3.8, 4) is 0 Å². The Bertz CT molecular complexity index is 944. The molecule has 3 N–H and O–H groups in total. The molecule has 0 saturated carbocycles. The molecule has 0 aliphatic carbocycles. The molecular formula is C20H26N2O3S2. The normalized spacial score (nSPS) is 12.1. The van der Waals surface area contributed by atoms with Crippen molar-refractivity contribution in [2.45, 2.75) is 49.8 Å². The lowest BCUT2D eigenvalue weighted by Crippen LogP contribution is -2.17. The molecule has 0 fully saturated rings. The topological polar surface area (TPSA) is 89.3 Å². The summed E-state index contributed by atoms with van der Waals surface area (Å²) in [5, 5.41) is 8.00. The number of primary sulfonamides is 1. The average molecular weight is 407 g/mol. The zero-order valence-electron chi connectivity index (χ0n) is 16.3. The van der Waals surface area contributed by atoms with Gasteiger partial charge in [0.15, 0.2) is 0 Å². The Morgan fingerprint density at radius 2 is 1.70 bits per heavy atom. The maximum absolute atomic E-state index is 12.3. The molecule has 0 atom stereocenters. The highest BCUT2D eigenvalue weighted by Crippen LogP contribution is 2.27. The van der Waals surface area contributed by atoms with Crippen molar-refractivity contribution in [2.24, 2.45) is 5.14 Å². The molecule has 0 heterocycles.